The summed E-state index contributed by atoms with van der Waals surface area (Å²) in [6.07, 6.45) is 3.20. The zero-order valence-corrected chi connectivity index (χ0v) is 11.9. The van der Waals surface area contributed by atoms with Crippen LogP contribution in [0.15, 0.2) is 12.3 Å². The van der Waals surface area contributed by atoms with Gasteiger partial charge in [0.2, 0.25) is 0 Å². The molecule has 110 valence electrons. The van der Waals surface area contributed by atoms with Crippen LogP contribution in [0.3, 0.4) is 0 Å². The average Bonchev–Trinajstić information content (AvgIpc) is 2.75. The van der Waals surface area contributed by atoms with E-state index in [1.165, 1.54) is 6.20 Å². The van der Waals surface area contributed by atoms with Gasteiger partial charge in [-0.05, 0) is 33.1 Å². The highest BCUT2D eigenvalue weighted by Crippen LogP contribution is 2.32. The van der Waals surface area contributed by atoms with Gasteiger partial charge in [0, 0.05) is 12.3 Å². The number of carboxylic acids is 1. The average molecular weight is 288 g/mol. The molecule has 2 N–H and O–H groups in total. The molecule has 7 heteroatoms. The zero-order valence-electron chi connectivity index (χ0n) is 11.9. The first-order valence-corrected chi connectivity index (χ1v) is 6.81. The third-order valence-electron chi connectivity index (χ3n) is 4.06. The van der Waals surface area contributed by atoms with Gasteiger partial charge in [0.25, 0.3) is 5.91 Å². The molecule has 0 radical (unpaired) electrons. The Morgan fingerprint density at radius 2 is 2.10 bits per heavy atom. The topological polar surface area (TPSA) is 96.6 Å². The van der Waals surface area contributed by atoms with Crippen molar-refractivity contribution in [3.8, 4) is 0 Å². The van der Waals surface area contributed by atoms with E-state index in [1.807, 2.05) is 13.0 Å². The van der Waals surface area contributed by atoms with Crippen LogP contribution in [0, 0.1) is 13.8 Å². The number of rotatable bonds is 3. The number of aromatic nitrogens is 3. The van der Waals surface area contributed by atoms with Crippen molar-refractivity contribution in [2.75, 3.05) is 0 Å². The fourth-order valence-corrected chi connectivity index (χ4v) is 2.59. The van der Waals surface area contributed by atoms with E-state index in [0.717, 1.165) is 12.1 Å². The lowest BCUT2D eigenvalue weighted by Gasteiger charge is -2.38. The SMILES string of the molecule is Cc1cc2ncc(C(=O)NC3(C(=O)O)CCC3)c(C)n2n1. The van der Waals surface area contributed by atoms with E-state index in [0.29, 0.717) is 29.7 Å². The van der Waals surface area contributed by atoms with Crippen LogP contribution in [0.25, 0.3) is 5.65 Å². The van der Waals surface area contributed by atoms with E-state index in [4.69, 9.17) is 0 Å². The van der Waals surface area contributed by atoms with Crippen LogP contribution >= 0.6 is 0 Å². The second kappa shape index (κ2) is 4.54. The van der Waals surface area contributed by atoms with E-state index in [1.54, 1.807) is 11.4 Å². The van der Waals surface area contributed by atoms with Gasteiger partial charge in [0.05, 0.1) is 17.0 Å². The Balaban J connectivity index is 1.94. The molecule has 1 saturated carbocycles. The maximum atomic E-state index is 12.4. The number of hydrogen-bond donors (Lipinski definition) is 2. The fourth-order valence-electron chi connectivity index (χ4n) is 2.59. The quantitative estimate of drug-likeness (QED) is 0.881. The summed E-state index contributed by atoms with van der Waals surface area (Å²) in [7, 11) is 0. The van der Waals surface area contributed by atoms with E-state index < -0.39 is 17.4 Å². The molecule has 0 aliphatic heterocycles. The lowest BCUT2D eigenvalue weighted by Crippen LogP contribution is -2.59. The molecule has 1 amide bonds. The van der Waals surface area contributed by atoms with Crippen molar-refractivity contribution >= 4 is 17.5 Å². The molecule has 1 aliphatic rings. The van der Waals surface area contributed by atoms with Crippen molar-refractivity contribution in [3.05, 3.63) is 29.2 Å². The van der Waals surface area contributed by atoms with Gasteiger partial charge < -0.3 is 10.4 Å². The lowest BCUT2D eigenvalue weighted by atomic mass is 9.76. The number of aliphatic carboxylic acids is 1. The third-order valence-corrected chi connectivity index (χ3v) is 4.06. The summed E-state index contributed by atoms with van der Waals surface area (Å²) in [6, 6.07) is 1.82. The first kappa shape index (κ1) is 13.5. The molecule has 2 heterocycles. The van der Waals surface area contributed by atoms with Gasteiger partial charge in [0.15, 0.2) is 5.65 Å². The summed E-state index contributed by atoms with van der Waals surface area (Å²) in [4.78, 5) is 27.9. The molecular formula is C14H16N4O3. The predicted molar refractivity (Wildman–Crippen MR) is 74.1 cm³/mol. The summed E-state index contributed by atoms with van der Waals surface area (Å²) >= 11 is 0. The molecule has 0 aromatic carbocycles. The number of carbonyl (C=O) groups is 2. The molecular weight excluding hydrogens is 272 g/mol. The van der Waals surface area contributed by atoms with E-state index in [2.05, 4.69) is 15.4 Å². The smallest absolute Gasteiger partial charge is 0.329 e. The van der Waals surface area contributed by atoms with Crippen molar-refractivity contribution < 1.29 is 14.7 Å². The monoisotopic (exact) mass is 288 g/mol. The molecule has 3 rings (SSSR count). The second-order valence-corrected chi connectivity index (χ2v) is 5.51. The van der Waals surface area contributed by atoms with E-state index >= 15 is 0 Å². The summed E-state index contributed by atoms with van der Waals surface area (Å²) in [6.45, 7) is 3.62. The van der Waals surface area contributed by atoms with Crippen molar-refractivity contribution in [2.45, 2.75) is 38.6 Å². The Bertz CT molecular complexity index is 746. The number of carbonyl (C=O) groups excluding carboxylic acids is 1. The largest absolute Gasteiger partial charge is 0.480 e. The molecule has 2 aromatic rings. The molecule has 0 unspecified atom stereocenters. The van der Waals surface area contributed by atoms with Gasteiger partial charge in [-0.3, -0.25) is 4.79 Å². The maximum absolute atomic E-state index is 12.4. The minimum absolute atomic E-state index is 0.345. The first-order chi connectivity index (χ1) is 9.93. The van der Waals surface area contributed by atoms with Crippen LogP contribution in [0.2, 0.25) is 0 Å². The lowest BCUT2D eigenvalue weighted by molar-refractivity contribution is -0.148. The van der Waals surface area contributed by atoms with Crippen LogP contribution in [0.5, 0.6) is 0 Å². The van der Waals surface area contributed by atoms with Gasteiger partial charge in [-0.25, -0.2) is 14.3 Å². The number of nitrogens with one attached hydrogen (secondary N) is 1. The summed E-state index contributed by atoms with van der Waals surface area (Å²) in [5.74, 6) is -1.40. The molecule has 0 saturated heterocycles. The molecule has 1 fully saturated rings. The van der Waals surface area contributed by atoms with Crippen molar-refractivity contribution in [1.29, 1.82) is 0 Å². The van der Waals surface area contributed by atoms with Crippen LogP contribution in [-0.4, -0.2) is 37.1 Å². The predicted octanol–water partition coefficient (Wildman–Crippen LogP) is 1.08. The Morgan fingerprint density at radius 3 is 2.67 bits per heavy atom. The zero-order chi connectivity index (χ0) is 15.2. The minimum atomic E-state index is -1.13. The Labute approximate surface area is 121 Å². The molecule has 0 spiro atoms. The van der Waals surface area contributed by atoms with Crippen LogP contribution in [0.1, 0.15) is 41.0 Å². The van der Waals surface area contributed by atoms with E-state index in [-0.39, 0.29) is 0 Å². The van der Waals surface area contributed by atoms with Crippen molar-refractivity contribution in [1.82, 2.24) is 19.9 Å². The number of aryl methyl sites for hydroxylation is 2. The normalized spacial score (nSPS) is 16.5. The van der Waals surface area contributed by atoms with Gasteiger partial charge in [-0.15, -0.1) is 0 Å². The maximum Gasteiger partial charge on any atom is 0.329 e. The second-order valence-electron chi connectivity index (χ2n) is 5.51. The Hall–Kier alpha value is -2.44. The molecule has 2 aromatic heterocycles. The standard InChI is InChI=1S/C14H16N4O3/c1-8-6-11-15-7-10(9(2)18(11)17-8)12(19)16-14(13(20)21)4-3-5-14/h6-7H,3-5H2,1-2H3,(H,16,19)(H,20,21). The van der Waals surface area contributed by atoms with Crippen molar-refractivity contribution in [3.63, 3.8) is 0 Å². The number of hydrogen-bond acceptors (Lipinski definition) is 4. The highest BCUT2D eigenvalue weighted by molar-refractivity contribution is 5.98. The number of nitrogens with zero attached hydrogens (tertiary/aromatic N) is 3. The third kappa shape index (κ3) is 2.05. The first-order valence-electron chi connectivity index (χ1n) is 6.81. The summed E-state index contributed by atoms with van der Waals surface area (Å²) in [5.41, 5.74) is 1.34. The number of fused-ring (bicyclic) bond motifs is 1. The minimum Gasteiger partial charge on any atom is -0.480 e. The molecule has 21 heavy (non-hydrogen) atoms. The molecule has 0 bridgehead atoms. The fraction of sp³-hybridized carbons (Fsp3) is 0.429. The molecule has 1 aliphatic carbocycles. The van der Waals surface area contributed by atoms with Crippen molar-refractivity contribution in [2.24, 2.45) is 0 Å². The van der Waals surface area contributed by atoms with Gasteiger partial charge in [-0.1, -0.05) is 0 Å². The molecule has 7 nitrogen and oxygen atoms in total. The number of carboxylic acid groups (broad SMARTS) is 1. The van der Waals surface area contributed by atoms with Gasteiger partial charge in [0.1, 0.15) is 5.54 Å². The summed E-state index contributed by atoms with van der Waals surface area (Å²) in [5, 5.41) is 16.2. The van der Waals surface area contributed by atoms with E-state index in [9.17, 15) is 14.7 Å². The van der Waals surface area contributed by atoms with Crippen LogP contribution in [-0.2, 0) is 4.79 Å². The van der Waals surface area contributed by atoms with Crippen LogP contribution in [0.4, 0.5) is 0 Å². The Morgan fingerprint density at radius 1 is 1.38 bits per heavy atom. The summed E-state index contributed by atoms with van der Waals surface area (Å²) < 4.78 is 1.60. The van der Waals surface area contributed by atoms with Gasteiger partial charge >= 0.3 is 5.97 Å². The highest BCUT2D eigenvalue weighted by Gasteiger charge is 2.46. The van der Waals surface area contributed by atoms with Gasteiger partial charge in [-0.2, -0.15) is 5.10 Å². The molecule has 0 atom stereocenters. The van der Waals surface area contributed by atoms with Crippen LogP contribution < -0.4 is 5.32 Å². The highest BCUT2D eigenvalue weighted by atomic mass is 16.4. The Kier molecular flexibility index (Phi) is 2.93. The number of amides is 1.